The molecule has 160 valence electrons. The Morgan fingerprint density at radius 3 is 1.87 bits per heavy atom. The highest BCUT2D eigenvalue weighted by molar-refractivity contribution is 7.89. The smallest absolute Gasteiger partial charge is 0.243 e. The van der Waals surface area contributed by atoms with Crippen LogP contribution in [0.4, 0.5) is 0 Å². The summed E-state index contributed by atoms with van der Waals surface area (Å²) in [7, 11) is -3.35. The lowest BCUT2D eigenvalue weighted by atomic mass is 9.73. The van der Waals surface area contributed by atoms with E-state index in [2.05, 4.69) is 53.4 Å². The van der Waals surface area contributed by atoms with Gasteiger partial charge in [0.1, 0.15) is 0 Å². The summed E-state index contributed by atoms with van der Waals surface area (Å²) in [5, 5.41) is 0. The van der Waals surface area contributed by atoms with Crippen molar-refractivity contribution < 1.29 is 8.42 Å². The Kier molecular flexibility index (Phi) is 5.42. The number of hydrogen-bond donors (Lipinski definition) is 0. The average molecular weight is 433 g/mol. The molecule has 3 aromatic carbocycles. The molecule has 0 N–H and O–H groups in total. The Labute approximate surface area is 185 Å². The highest BCUT2D eigenvalue weighted by Crippen LogP contribution is 2.43. The van der Waals surface area contributed by atoms with Gasteiger partial charge in [0.2, 0.25) is 10.0 Å². The Bertz CT molecular complexity index is 1110. The van der Waals surface area contributed by atoms with Crippen molar-refractivity contribution in [3.8, 4) is 11.1 Å². The van der Waals surface area contributed by atoms with Gasteiger partial charge in [-0.25, -0.2) is 8.42 Å². The van der Waals surface area contributed by atoms with Crippen molar-refractivity contribution in [2.75, 3.05) is 26.2 Å². The summed E-state index contributed by atoms with van der Waals surface area (Å²) in [4.78, 5) is 2.90. The van der Waals surface area contributed by atoms with Crippen molar-refractivity contribution in [3.05, 3.63) is 90.5 Å². The third kappa shape index (κ3) is 4.18. The van der Waals surface area contributed by atoms with Crippen molar-refractivity contribution in [1.29, 1.82) is 0 Å². The number of benzene rings is 3. The Morgan fingerprint density at radius 1 is 0.710 bits per heavy atom. The Morgan fingerprint density at radius 2 is 1.26 bits per heavy atom. The molecule has 5 heteroatoms. The second kappa shape index (κ2) is 8.23. The highest BCUT2D eigenvalue weighted by Gasteiger charge is 2.49. The van der Waals surface area contributed by atoms with E-state index in [9.17, 15) is 8.42 Å². The fourth-order valence-electron chi connectivity index (χ4n) is 4.81. The molecular weight excluding hydrogens is 404 g/mol. The van der Waals surface area contributed by atoms with Crippen LogP contribution in [0.1, 0.15) is 18.4 Å². The number of likely N-dealkylation sites (tertiary alicyclic amines) is 1. The SMILES string of the molecule is O=S(=O)(c1ccccc1)N1CC2(CCN(Cc3ccc(-c4ccccc4)cc3)CC2)C1. The van der Waals surface area contributed by atoms with Crippen LogP contribution >= 0.6 is 0 Å². The van der Waals surface area contributed by atoms with Gasteiger partial charge in [-0.3, -0.25) is 4.90 Å². The van der Waals surface area contributed by atoms with Gasteiger partial charge in [-0.15, -0.1) is 0 Å². The first-order valence-corrected chi connectivity index (χ1v) is 12.4. The third-order valence-corrected chi connectivity index (χ3v) is 8.59. The van der Waals surface area contributed by atoms with E-state index < -0.39 is 10.0 Å². The van der Waals surface area contributed by atoms with Gasteiger partial charge in [0.25, 0.3) is 0 Å². The van der Waals surface area contributed by atoms with E-state index in [0.29, 0.717) is 18.0 Å². The van der Waals surface area contributed by atoms with Gasteiger partial charge >= 0.3 is 0 Å². The van der Waals surface area contributed by atoms with Crippen LogP contribution in [0.5, 0.6) is 0 Å². The minimum absolute atomic E-state index is 0.162. The second-order valence-corrected chi connectivity index (χ2v) is 10.9. The molecule has 1 spiro atoms. The molecule has 0 saturated carbocycles. The van der Waals surface area contributed by atoms with E-state index in [0.717, 1.165) is 32.5 Å². The maximum absolute atomic E-state index is 12.8. The van der Waals surface area contributed by atoms with E-state index in [1.807, 2.05) is 12.1 Å². The molecule has 0 aromatic heterocycles. The molecule has 5 rings (SSSR count). The Hall–Kier alpha value is -2.47. The zero-order valence-electron chi connectivity index (χ0n) is 17.7. The van der Waals surface area contributed by atoms with Crippen LogP contribution < -0.4 is 0 Å². The van der Waals surface area contributed by atoms with Gasteiger partial charge in [-0.05, 0) is 54.8 Å². The van der Waals surface area contributed by atoms with Gasteiger partial charge < -0.3 is 0 Å². The summed E-state index contributed by atoms with van der Waals surface area (Å²) in [6.45, 7) is 4.32. The van der Waals surface area contributed by atoms with E-state index in [1.54, 1.807) is 28.6 Å². The molecule has 2 aliphatic rings. The molecule has 2 heterocycles. The van der Waals surface area contributed by atoms with Crippen LogP contribution in [0, 0.1) is 5.41 Å². The van der Waals surface area contributed by atoms with Crippen LogP contribution in [0.25, 0.3) is 11.1 Å². The molecule has 4 nitrogen and oxygen atoms in total. The van der Waals surface area contributed by atoms with E-state index in [1.165, 1.54) is 16.7 Å². The molecule has 31 heavy (non-hydrogen) atoms. The first-order chi connectivity index (χ1) is 15.0. The van der Waals surface area contributed by atoms with E-state index in [4.69, 9.17) is 0 Å². The second-order valence-electron chi connectivity index (χ2n) is 8.93. The summed E-state index contributed by atoms with van der Waals surface area (Å²) in [5.74, 6) is 0. The van der Waals surface area contributed by atoms with E-state index in [-0.39, 0.29) is 5.41 Å². The fourth-order valence-corrected chi connectivity index (χ4v) is 6.49. The monoisotopic (exact) mass is 432 g/mol. The first kappa shape index (κ1) is 20.4. The molecule has 2 aliphatic heterocycles. The number of piperidine rings is 1. The minimum Gasteiger partial charge on any atom is -0.299 e. The van der Waals surface area contributed by atoms with E-state index >= 15 is 0 Å². The van der Waals surface area contributed by atoms with Crippen molar-refractivity contribution in [2.24, 2.45) is 5.41 Å². The summed E-state index contributed by atoms with van der Waals surface area (Å²) in [6.07, 6.45) is 2.13. The normalized spacial score (nSPS) is 19.2. The molecular formula is C26H28N2O2S. The summed E-state index contributed by atoms with van der Waals surface area (Å²) < 4.78 is 27.2. The average Bonchev–Trinajstić information content (AvgIpc) is 2.80. The molecule has 0 radical (unpaired) electrons. The molecule has 3 aromatic rings. The summed E-state index contributed by atoms with van der Waals surface area (Å²) in [6, 6.07) is 28.1. The lowest BCUT2D eigenvalue weighted by Crippen LogP contribution is -2.61. The predicted octanol–water partition coefficient (Wildman–Crippen LogP) is 4.64. The van der Waals surface area contributed by atoms with Crippen LogP contribution in [0.2, 0.25) is 0 Å². The van der Waals surface area contributed by atoms with Crippen LogP contribution in [0.3, 0.4) is 0 Å². The maximum Gasteiger partial charge on any atom is 0.243 e. The van der Waals surface area contributed by atoms with Gasteiger partial charge in [0, 0.05) is 25.0 Å². The highest BCUT2D eigenvalue weighted by atomic mass is 32.2. The Balaban J connectivity index is 1.15. The van der Waals surface area contributed by atoms with Crippen molar-refractivity contribution in [1.82, 2.24) is 9.21 Å². The summed E-state index contributed by atoms with van der Waals surface area (Å²) >= 11 is 0. The van der Waals surface area contributed by atoms with Gasteiger partial charge in [-0.2, -0.15) is 4.31 Å². The lowest BCUT2D eigenvalue weighted by molar-refractivity contribution is -0.00139. The van der Waals surface area contributed by atoms with Gasteiger partial charge in [-0.1, -0.05) is 72.8 Å². The lowest BCUT2D eigenvalue weighted by Gasteiger charge is -2.53. The van der Waals surface area contributed by atoms with Crippen molar-refractivity contribution in [3.63, 3.8) is 0 Å². The molecule has 0 bridgehead atoms. The third-order valence-electron chi connectivity index (χ3n) is 6.79. The van der Waals surface area contributed by atoms with Crippen LogP contribution in [0.15, 0.2) is 89.8 Å². The zero-order chi connectivity index (χ0) is 21.3. The minimum atomic E-state index is -3.35. The topological polar surface area (TPSA) is 40.6 Å². The number of hydrogen-bond acceptors (Lipinski definition) is 3. The van der Waals surface area contributed by atoms with Crippen LogP contribution in [-0.4, -0.2) is 43.8 Å². The fraction of sp³-hybridized carbons (Fsp3) is 0.308. The zero-order valence-corrected chi connectivity index (χ0v) is 18.5. The molecule has 2 fully saturated rings. The predicted molar refractivity (Wildman–Crippen MR) is 124 cm³/mol. The number of sulfonamides is 1. The quantitative estimate of drug-likeness (QED) is 0.590. The molecule has 0 amide bonds. The van der Waals surface area contributed by atoms with Gasteiger partial charge in [0.15, 0.2) is 0 Å². The maximum atomic E-state index is 12.8. The molecule has 0 atom stereocenters. The number of rotatable bonds is 5. The van der Waals surface area contributed by atoms with Gasteiger partial charge in [0.05, 0.1) is 4.90 Å². The van der Waals surface area contributed by atoms with Crippen LogP contribution in [-0.2, 0) is 16.6 Å². The molecule has 0 unspecified atom stereocenters. The molecule has 2 saturated heterocycles. The number of nitrogens with zero attached hydrogens (tertiary/aromatic N) is 2. The largest absolute Gasteiger partial charge is 0.299 e. The molecule has 0 aliphatic carbocycles. The van der Waals surface area contributed by atoms with Crippen molar-refractivity contribution in [2.45, 2.75) is 24.3 Å². The standard InChI is InChI=1S/C26H28N2O2S/c29-31(30,25-9-5-2-6-10-25)28-20-26(21-28)15-17-27(18-16-26)19-22-11-13-24(14-12-22)23-7-3-1-4-8-23/h1-14H,15-21H2. The summed E-state index contributed by atoms with van der Waals surface area (Å²) in [5.41, 5.74) is 3.98. The van der Waals surface area contributed by atoms with Crippen molar-refractivity contribution >= 4 is 10.0 Å². The first-order valence-electron chi connectivity index (χ1n) is 11.0.